The van der Waals surface area contributed by atoms with Gasteiger partial charge in [-0.05, 0) is 35.6 Å². The van der Waals surface area contributed by atoms with Crippen LogP contribution in [0.4, 0.5) is 0 Å². The summed E-state index contributed by atoms with van der Waals surface area (Å²) in [4.78, 5) is 38.0. The number of carbonyl (C=O) groups excluding carboxylic acids is 2. The van der Waals surface area contributed by atoms with Gasteiger partial charge >= 0.3 is 5.97 Å². The predicted octanol–water partition coefficient (Wildman–Crippen LogP) is 4.33. The number of para-hydroxylation sites is 2. The molecule has 228 valence electrons. The Kier molecular flexibility index (Phi) is 10.3. The summed E-state index contributed by atoms with van der Waals surface area (Å²) in [7, 11) is 1.29. The number of aromatic nitrogens is 2. The van der Waals surface area contributed by atoms with Crippen molar-refractivity contribution >= 4 is 29.0 Å². The number of nitrogens with one attached hydrogen (secondary N) is 1. The van der Waals surface area contributed by atoms with E-state index in [4.69, 9.17) is 24.2 Å². The van der Waals surface area contributed by atoms with Crippen molar-refractivity contribution in [1.82, 2.24) is 20.2 Å². The highest BCUT2D eigenvalue weighted by atomic mass is 16.6. The lowest BCUT2D eigenvalue weighted by Gasteiger charge is -2.36. The van der Waals surface area contributed by atoms with Crippen LogP contribution in [0.25, 0.3) is 28.4 Å². The standard InChI is InChI=1S/C33H40N4O6/c1-7-9-17-42-32(40)36-28(33(3,4)5)30(38)37-20-23(19-26(37)31(39)41-6)43-29-27(22-14-12-13-21(8-2)18-22)34-24-15-10-11-16-25(24)35-29/h7-8,10-16,18,23,26,28,32,36,40H,1-2,9,17,19-20H2,3-6H3/t23-,26+,28-,32?/m1/s1. The van der Waals surface area contributed by atoms with Crippen molar-refractivity contribution in [1.29, 1.82) is 0 Å². The number of aliphatic hydroxyl groups is 1. The Labute approximate surface area is 252 Å². The molecule has 1 aliphatic rings. The molecule has 0 bridgehead atoms. The Morgan fingerprint density at radius 1 is 1.14 bits per heavy atom. The van der Waals surface area contributed by atoms with Crippen LogP contribution in [0.15, 0.2) is 67.8 Å². The Morgan fingerprint density at radius 3 is 2.51 bits per heavy atom. The van der Waals surface area contributed by atoms with E-state index < -0.39 is 36.0 Å². The van der Waals surface area contributed by atoms with Crippen molar-refractivity contribution in [2.24, 2.45) is 5.41 Å². The molecule has 4 atom stereocenters. The largest absolute Gasteiger partial charge is 0.471 e. The van der Waals surface area contributed by atoms with E-state index >= 15 is 0 Å². The second kappa shape index (κ2) is 13.9. The minimum absolute atomic E-state index is 0.0981. The van der Waals surface area contributed by atoms with Crippen LogP contribution in [-0.4, -0.2) is 76.7 Å². The molecule has 1 aromatic heterocycles. The molecule has 2 N–H and O–H groups in total. The van der Waals surface area contributed by atoms with E-state index in [1.54, 1.807) is 12.2 Å². The molecule has 0 aliphatic carbocycles. The maximum atomic E-state index is 14.0. The third-order valence-electron chi connectivity index (χ3n) is 7.25. The molecule has 4 rings (SSSR count). The fraction of sp³-hybridized carbons (Fsp3) is 0.394. The van der Waals surface area contributed by atoms with E-state index in [0.717, 1.165) is 11.1 Å². The topological polar surface area (TPSA) is 123 Å². The second-order valence-corrected chi connectivity index (χ2v) is 11.5. The SMILES string of the molecule is C=CCCOC(O)N[C@H](C(=O)N1C[C@H](Oc2nc3ccccc3nc2-c2cccc(C=C)c2)C[C@H]1C(=O)OC)C(C)(C)C. The number of nitrogens with zero attached hydrogens (tertiary/aromatic N) is 3. The maximum absolute atomic E-state index is 14.0. The minimum atomic E-state index is -1.39. The van der Waals surface area contributed by atoms with Crippen LogP contribution in [0.2, 0.25) is 0 Å². The minimum Gasteiger partial charge on any atom is -0.471 e. The van der Waals surface area contributed by atoms with Gasteiger partial charge in [-0.15, -0.1) is 6.58 Å². The van der Waals surface area contributed by atoms with Gasteiger partial charge < -0.3 is 24.2 Å². The first-order chi connectivity index (χ1) is 20.5. The monoisotopic (exact) mass is 588 g/mol. The summed E-state index contributed by atoms with van der Waals surface area (Å²) >= 11 is 0. The van der Waals surface area contributed by atoms with Crippen molar-refractivity contribution in [3.8, 4) is 17.1 Å². The maximum Gasteiger partial charge on any atom is 0.328 e. The van der Waals surface area contributed by atoms with Crippen LogP contribution in [-0.2, 0) is 19.1 Å². The zero-order valence-corrected chi connectivity index (χ0v) is 25.2. The van der Waals surface area contributed by atoms with Gasteiger partial charge in [-0.25, -0.2) is 14.8 Å². The second-order valence-electron chi connectivity index (χ2n) is 11.5. The molecule has 43 heavy (non-hydrogen) atoms. The van der Waals surface area contributed by atoms with Crippen molar-refractivity contribution in [3.05, 3.63) is 73.3 Å². The first kappa shape index (κ1) is 31.8. The molecule has 0 saturated carbocycles. The lowest BCUT2D eigenvalue weighted by molar-refractivity contribution is -0.159. The van der Waals surface area contributed by atoms with E-state index in [1.807, 2.05) is 69.3 Å². The molecule has 10 nitrogen and oxygen atoms in total. The smallest absolute Gasteiger partial charge is 0.328 e. The fourth-order valence-corrected chi connectivity index (χ4v) is 5.02. The molecule has 3 aromatic rings. The third-order valence-corrected chi connectivity index (χ3v) is 7.25. The highest BCUT2D eigenvalue weighted by molar-refractivity contribution is 5.89. The highest BCUT2D eigenvalue weighted by Gasteiger charge is 2.46. The normalized spacial score (nSPS) is 18.2. The number of benzene rings is 2. The van der Waals surface area contributed by atoms with Crippen LogP contribution in [0, 0.1) is 5.41 Å². The molecule has 1 aliphatic heterocycles. The lowest BCUT2D eigenvalue weighted by atomic mass is 9.85. The number of carbonyl (C=O) groups is 2. The number of methoxy groups -OCH3 is 1. The molecule has 1 amide bonds. The number of ether oxygens (including phenoxy) is 3. The first-order valence-electron chi connectivity index (χ1n) is 14.3. The van der Waals surface area contributed by atoms with Crippen molar-refractivity contribution in [2.45, 2.75) is 58.2 Å². The van der Waals surface area contributed by atoms with E-state index in [-0.39, 0.29) is 25.5 Å². The Hall–Kier alpha value is -4.12. The first-order valence-corrected chi connectivity index (χ1v) is 14.3. The van der Waals surface area contributed by atoms with Gasteiger partial charge in [0.2, 0.25) is 18.2 Å². The number of hydrogen-bond donors (Lipinski definition) is 2. The van der Waals surface area contributed by atoms with Crippen LogP contribution in [0.5, 0.6) is 5.88 Å². The highest BCUT2D eigenvalue weighted by Crippen LogP contribution is 2.33. The fourth-order valence-electron chi connectivity index (χ4n) is 5.02. The van der Waals surface area contributed by atoms with Gasteiger partial charge in [-0.2, -0.15) is 0 Å². The predicted molar refractivity (Wildman–Crippen MR) is 165 cm³/mol. The summed E-state index contributed by atoms with van der Waals surface area (Å²) < 4.78 is 16.9. The summed E-state index contributed by atoms with van der Waals surface area (Å²) in [5.41, 5.74) is 2.97. The third kappa shape index (κ3) is 7.64. The van der Waals surface area contributed by atoms with Crippen LogP contribution in [0.3, 0.4) is 0 Å². The zero-order valence-electron chi connectivity index (χ0n) is 25.2. The van der Waals surface area contributed by atoms with Gasteiger partial charge in [-0.1, -0.05) is 69.8 Å². The van der Waals surface area contributed by atoms with Gasteiger partial charge in [0, 0.05) is 12.0 Å². The Balaban J connectivity index is 1.65. The molecule has 2 heterocycles. The molecule has 1 saturated heterocycles. The van der Waals surface area contributed by atoms with E-state index in [9.17, 15) is 14.7 Å². The van der Waals surface area contributed by atoms with Crippen molar-refractivity contribution < 1.29 is 28.9 Å². The number of rotatable bonds is 12. The number of hydrogen-bond acceptors (Lipinski definition) is 9. The summed E-state index contributed by atoms with van der Waals surface area (Å²) in [5, 5.41) is 13.3. The quantitative estimate of drug-likeness (QED) is 0.138. The molecule has 0 radical (unpaired) electrons. The average molecular weight is 589 g/mol. The van der Waals surface area contributed by atoms with Crippen LogP contribution in [0.1, 0.15) is 39.2 Å². The van der Waals surface area contributed by atoms with Gasteiger partial charge in [0.25, 0.3) is 0 Å². The van der Waals surface area contributed by atoms with Crippen LogP contribution < -0.4 is 10.1 Å². The molecule has 0 spiro atoms. The summed E-state index contributed by atoms with van der Waals surface area (Å²) in [6.07, 6.45) is 2.18. The number of fused-ring (bicyclic) bond motifs is 1. The molecule has 1 fully saturated rings. The van der Waals surface area contributed by atoms with Crippen LogP contribution >= 0.6 is 0 Å². The molecular weight excluding hydrogens is 548 g/mol. The van der Waals surface area contributed by atoms with E-state index in [0.29, 0.717) is 29.0 Å². The molecular formula is C33H40N4O6. The number of aliphatic hydroxyl groups excluding tert-OH is 1. The van der Waals surface area contributed by atoms with E-state index in [2.05, 4.69) is 18.5 Å². The molecule has 1 unspecified atom stereocenters. The Morgan fingerprint density at radius 2 is 1.86 bits per heavy atom. The van der Waals surface area contributed by atoms with E-state index in [1.165, 1.54) is 12.0 Å². The van der Waals surface area contributed by atoms with Gasteiger partial charge in [0.1, 0.15) is 17.8 Å². The van der Waals surface area contributed by atoms with Gasteiger partial charge in [-0.3, -0.25) is 10.1 Å². The van der Waals surface area contributed by atoms with Crippen molar-refractivity contribution in [2.75, 3.05) is 20.3 Å². The van der Waals surface area contributed by atoms with Gasteiger partial charge in [0.15, 0.2) is 0 Å². The van der Waals surface area contributed by atoms with Gasteiger partial charge in [0.05, 0.1) is 37.3 Å². The van der Waals surface area contributed by atoms with Crippen molar-refractivity contribution in [3.63, 3.8) is 0 Å². The average Bonchev–Trinajstić information content (AvgIpc) is 3.42. The summed E-state index contributed by atoms with van der Waals surface area (Å²) in [6, 6.07) is 13.4. The lowest BCUT2D eigenvalue weighted by Crippen LogP contribution is -2.58. The number of amides is 1. The molecule has 2 aromatic carbocycles. The molecule has 10 heteroatoms. The summed E-state index contributed by atoms with van der Waals surface area (Å²) in [5.74, 6) is -0.651. The number of esters is 1. The summed E-state index contributed by atoms with van der Waals surface area (Å²) in [6.45, 7) is 13.4. The zero-order chi connectivity index (χ0) is 31.1. The number of likely N-dealkylation sites (tertiary alicyclic amines) is 1. The Bertz CT molecular complexity index is 1470.